The zero-order chi connectivity index (χ0) is 15.0. The van der Waals surface area contributed by atoms with E-state index in [4.69, 9.17) is 0 Å². The fourth-order valence-electron chi connectivity index (χ4n) is 2.85. The van der Waals surface area contributed by atoms with Gasteiger partial charge in [-0.3, -0.25) is 0 Å². The highest BCUT2D eigenvalue weighted by molar-refractivity contribution is 6.44. The van der Waals surface area contributed by atoms with Gasteiger partial charge in [-0.25, -0.2) is 0 Å². The van der Waals surface area contributed by atoms with E-state index in [-0.39, 0.29) is 5.31 Å². The molecule has 0 aromatic rings. The zero-order valence-corrected chi connectivity index (χ0v) is 14.9. The largest absolute Gasteiger partial charge is 0.125 e. The lowest BCUT2D eigenvalue weighted by molar-refractivity contribution is 0.158. The average Bonchev–Trinajstić information content (AvgIpc) is 1.95. The molecule has 0 aliphatic carbocycles. The van der Waals surface area contributed by atoms with Crippen LogP contribution in [0.5, 0.6) is 0 Å². The summed E-state index contributed by atoms with van der Waals surface area (Å²) in [6.45, 7) is 26.1. The van der Waals surface area contributed by atoms with Crippen LogP contribution in [0.15, 0.2) is 0 Å². The van der Waals surface area contributed by atoms with E-state index in [1.165, 1.54) is 6.42 Å². The molecule has 0 aromatic carbocycles. The van der Waals surface area contributed by atoms with Gasteiger partial charge >= 0.3 is 0 Å². The molecule has 1 heteroatoms. The van der Waals surface area contributed by atoms with Crippen molar-refractivity contribution in [1.82, 2.24) is 0 Å². The summed E-state index contributed by atoms with van der Waals surface area (Å²) in [5.74, 6) is 0.683. The van der Waals surface area contributed by atoms with Crippen molar-refractivity contribution in [2.24, 2.45) is 16.7 Å². The van der Waals surface area contributed by atoms with E-state index in [1.807, 2.05) is 0 Å². The van der Waals surface area contributed by atoms with Crippen LogP contribution in [0.1, 0.15) is 82.6 Å². The minimum atomic E-state index is 0.244. The Morgan fingerprint density at radius 3 is 1.44 bits per heavy atom. The molecule has 0 saturated carbocycles. The molecule has 0 amide bonds. The van der Waals surface area contributed by atoms with E-state index in [9.17, 15) is 0 Å². The first-order valence-electron chi connectivity index (χ1n) is 7.48. The van der Waals surface area contributed by atoms with Crippen LogP contribution in [0.25, 0.3) is 0 Å². The zero-order valence-electron chi connectivity index (χ0n) is 14.9. The molecule has 0 N–H and O–H groups in total. The molecule has 0 atom stereocenters. The van der Waals surface area contributed by atoms with Gasteiger partial charge in [-0.1, -0.05) is 86.8 Å². The third-order valence-corrected chi connectivity index (χ3v) is 4.94. The molecular formula is C17H36B. The molecule has 1 radical (unpaired) electrons. The van der Waals surface area contributed by atoms with E-state index in [0.717, 1.165) is 0 Å². The maximum absolute atomic E-state index is 2.59. The van der Waals surface area contributed by atoms with Gasteiger partial charge in [0.25, 0.3) is 0 Å². The predicted octanol–water partition coefficient (Wildman–Crippen LogP) is 6.21. The van der Waals surface area contributed by atoms with Crippen molar-refractivity contribution in [3.63, 3.8) is 0 Å². The van der Waals surface area contributed by atoms with Gasteiger partial charge < -0.3 is 0 Å². The molecule has 0 nitrogen and oxygen atoms in total. The monoisotopic (exact) mass is 251 g/mol. The Morgan fingerprint density at radius 2 is 1.17 bits per heavy atom. The standard InChI is InChI=1S/C17H36B/c1-13(2)16(8,9)18-17(10,11)15(6,7)12-14(3,4)5/h13H,12H2,1-11H3. The highest BCUT2D eigenvalue weighted by Crippen LogP contribution is 2.55. The summed E-state index contributed by atoms with van der Waals surface area (Å²) in [4.78, 5) is 0. The first-order chi connectivity index (χ1) is 7.61. The molecule has 0 fully saturated rings. The Hall–Kier alpha value is 0.0649. The molecule has 0 heterocycles. The van der Waals surface area contributed by atoms with Gasteiger partial charge in [-0.15, -0.1) is 0 Å². The van der Waals surface area contributed by atoms with Crippen LogP contribution in [-0.4, -0.2) is 7.28 Å². The van der Waals surface area contributed by atoms with Gasteiger partial charge in [0.2, 0.25) is 0 Å². The Labute approximate surface area is 118 Å². The van der Waals surface area contributed by atoms with Crippen molar-refractivity contribution in [2.45, 2.75) is 93.2 Å². The highest BCUT2D eigenvalue weighted by atomic mass is 14.4. The summed E-state index contributed by atoms with van der Waals surface area (Å²) in [5.41, 5.74) is 0.702. The Kier molecular flexibility index (Phi) is 5.23. The third kappa shape index (κ3) is 4.98. The molecule has 0 aliphatic rings. The van der Waals surface area contributed by atoms with Gasteiger partial charge in [0.15, 0.2) is 0 Å². The summed E-state index contributed by atoms with van der Waals surface area (Å²) in [6, 6.07) is 0. The first kappa shape index (κ1) is 18.1. The lowest BCUT2D eigenvalue weighted by Crippen LogP contribution is -2.39. The van der Waals surface area contributed by atoms with Gasteiger partial charge in [-0.2, -0.15) is 0 Å². The average molecular weight is 251 g/mol. The van der Waals surface area contributed by atoms with Crippen LogP contribution < -0.4 is 0 Å². The molecule has 0 aliphatic heterocycles. The van der Waals surface area contributed by atoms with Gasteiger partial charge in [0.1, 0.15) is 7.28 Å². The minimum Gasteiger partial charge on any atom is -0.0669 e. The number of rotatable bonds is 5. The summed E-state index contributed by atoms with van der Waals surface area (Å²) >= 11 is 0. The van der Waals surface area contributed by atoms with Crippen LogP contribution in [0.4, 0.5) is 0 Å². The predicted molar refractivity (Wildman–Crippen MR) is 86.5 cm³/mol. The molecule has 0 bridgehead atoms. The van der Waals surface area contributed by atoms with Crippen molar-refractivity contribution in [1.29, 1.82) is 0 Å². The van der Waals surface area contributed by atoms with Crippen LogP contribution >= 0.6 is 0 Å². The van der Waals surface area contributed by atoms with Crippen molar-refractivity contribution in [2.75, 3.05) is 0 Å². The normalized spacial score (nSPS) is 15.1. The van der Waals surface area contributed by atoms with Crippen LogP contribution in [0, 0.1) is 16.7 Å². The van der Waals surface area contributed by atoms with Crippen LogP contribution in [0.2, 0.25) is 10.6 Å². The fraction of sp³-hybridized carbons (Fsp3) is 1.00. The summed E-state index contributed by atoms with van der Waals surface area (Å²) < 4.78 is 0. The molecule has 0 unspecified atom stereocenters. The maximum Gasteiger partial charge on any atom is 0.125 e. The Bertz CT molecular complexity index is 264. The maximum atomic E-state index is 2.59. The second kappa shape index (κ2) is 5.21. The minimum absolute atomic E-state index is 0.244. The number of hydrogen-bond donors (Lipinski definition) is 0. The Morgan fingerprint density at radius 1 is 0.778 bits per heavy atom. The molecule has 0 spiro atoms. The van der Waals surface area contributed by atoms with E-state index < -0.39 is 0 Å². The molecular weight excluding hydrogens is 215 g/mol. The van der Waals surface area contributed by atoms with Gasteiger partial charge in [0.05, 0.1) is 0 Å². The lowest BCUT2D eigenvalue weighted by Gasteiger charge is -2.49. The van der Waals surface area contributed by atoms with Gasteiger partial charge in [-0.05, 0) is 23.2 Å². The van der Waals surface area contributed by atoms with Crippen LogP contribution in [-0.2, 0) is 0 Å². The van der Waals surface area contributed by atoms with Crippen molar-refractivity contribution < 1.29 is 0 Å². The first-order valence-corrected chi connectivity index (χ1v) is 7.48. The molecule has 0 aromatic heterocycles. The fourth-order valence-corrected chi connectivity index (χ4v) is 2.85. The second-order valence-corrected chi connectivity index (χ2v) is 9.46. The van der Waals surface area contributed by atoms with Crippen molar-refractivity contribution in [3.05, 3.63) is 0 Å². The highest BCUT2D eigenvalue weighted by Gasteiger charge is 2.43. The Balaban J connectivity index is 5.02. The van der Waals surface area contributed by atoms with E-state index in [1.54, 1.807) is 0 Å². The molecule has 107 valence electrons. The van der Waals surface area contributed by atoms with Crippen LogP contribution in [0.3, 0.4) is 0 Å². The lowest BCUT2D eigenvalue weighted by atomic mass is 9.32. The summed E-state index contributed by atoms with van der Waals surface area (Å²) in [5, 5.41) is 0.534. The smallest absolute Gasteiger partial charge is 0.0669 e. The quantitative estimate of drug-likeness (QED) is 0.510. The van der Waals surface area contributed by atoms with E-state index in [0.29, 0.717) is 22.1 Å². The van der Waals surface area contributed by atoms with E-state index >= 15 is 0 Å². The van der Waals surface area contributed by atoms with E-state index in [2.05, 4.69) is 83.4 Å². The van der Waals surface area contributed by atoms with Gasteiger partial charge in [0, 0.05) is 0 Å². The van der Waals surface area contributed by atoms with Crippen molar-refractivity contribution in [3.8, 4) is 0 Å². The molecule has 0 rings (SSSR count). The third-order valence-electron chi connectivity index (χ3n) is 4.94. The number of hydrogen-bond acceptors (Lipinski definition) is 0. The summed E-state index contributed by atoms with van der Waals surface area (Å²) in [6.07, 6.45) is 1.25. The van der Waals surface area contributed by atoms with Crippen molar-refractivity contribution >= 4 is 7.28 Å². The molecule has 0 saturated heterocycles. The second-order valence-electron chi connectivity index (χ2n) is 9.46. The summed E-state index contributed by atoms with van der Waals surface area (Å²) in [7, 11) is 2.59. The SMILES string of the molecule is CC(C)C(C)(C)[B]C(C)(C)C(C)(C)CC(C)(C)C. The topological polar surface area (TPSA) is 0 Å². The molecule has 18 heavy (non-hydrogen) atoms.